The molecule has 0 spiro atoms. The van der Waals surface area contributed by atoms with Crippen LogP contribution in [0.15, 0.2) is 23.6 Å². The molecule has 2 aromatic heterocycles. The van der Waals surface area contributed by atoms with Crippen LogP contribution in [0.1, 0.15) is 73.4 Å². The fourth-order valence-electron chi connectivity index (χ4n) is 5.05. The number of hydrogen-bond donors (Lipinski definition) is 2. The third-order valence-electron chi connectivity index (χ3n) is 6.93. The first kappa shape index (κ1) is 23.5. The zero-order chi connectivity index (χ0) is 23.6. The average Bonchev–Trinajstić information content (AvgIpc) is 3.54. The number of carbonyl (C=O) groups is 3. The van der Waals surface area contributed by atoms with Gasteiger partial charge in [0.1, 0.15) is 11.2 Å². The lowest BCUT2D eigenvalue weighted by atomic mass is 9.74. The number of aromatic nitrogens is 2. The molecule has 2 aromatic rings. The van der Waals surface area contributed by atoms with Crippen LogP contribution in [0, 0.1) is 5.92 Å². The van der Waals surface area contributed by atoms with Crippen molar-refractivity contribution in [3.63, 3.8) is 0 Å². The number of rotatable bonds is 8. The largest absolute Gasteiger partial charge is 0.337 e. The average molecular weight is 472 g/mol. The smallest absolute Gasteiger partial charge is 0.325 e. The van der Waals surface area contributed by atoms with Crippen LogP contribution < -0.4 is 5.32 Å². The van der Waals surface area contributed by atoms with Gasteiger partial charge in [0, 0.05) is 30.2 Å². The van der Waals surface area contributed by atoms with Gasteiger partial charge < -0.3 is 10.2 Å². The highest BCUT2D eigenvalue weighted by Crippen LogP contribution is 2.37. The Balaban J connectivity index is 1.42. The third kappa shape index (κ3) is 4.55. The van der Waals surface area contributed by atoms with Crippen LogP contribution in [0.2, 0.25) is 0 Å². The molecule has 0 aromatic carbocycles. The number of nitrogens with zero attached hydrogens (tertiary/aromatic N) is 3. The Bertz CT molecular complexity index is 994. The van der Waals surface area contributed by atoms with E-state index in [9.17, 15) is 14.4 Å². The summed E-state index contributed by atoms with van der Waals surface area (Å²) in [6.45, 7) is 7.64. The number of carbonyl (C=O) groups excluding carboxylic acids is 3. The summed E-state index contributed by atoms with van der Waals surface area (Å²) in [7, 11) is 0. The Kier molecular flexibility index (Phi) is 6.88. The molecule has 8 nitrogen and oxygen atoms in total. The van der Waals surface area contributed by atoms with E-state index in [-0.39, 0.29) is 29.7 Å². The molecule has 0 bridgehead atoms. The van der Waals surface area contributed by atoms with E-state index in [2.05, 4.69) is 29.4 Å². The van der Waals surface area contributed by atoms with Crippen molar-refractivity contribution in [1.29, 1.82) is 0 Å². The Morgan fingerprint density at radius 1 is 1.30 bits per heavy atom. The number of urea groups is 1. The van der Waals surface area contributed by atoms with Crippen LogP contribution in [0.4, 0.5) is 4.79 Å². The van der Waals surface area contributed by atoms with Crippen LogP contribution in [0.5, 0.6) is 0 Å². The number of piperidine rings is 1. The summed E-state index contributed by atoms with van der Waals surface area (Å²) < 4.78 is 0. The van der Waals surface area contributed by atoms with Gasteiger partial charge in [-0.1, -0.05) is 33.3 Å². The molecule has 2 saturated heterocycles. The van der Waals surface area contributed by atoms with Crippen molar-refractivity contribution < 1.29 is 14.4 Å². The Morgan fingerprint density at radius 2 is 2.06 bits per heavy atom. The quantitative estimate of drug-likeness (QED) is 0.573. The summed E-state index contributed by atoms with van der Waals surface area (Å²) in [6.07, 6.45) is 3.45. The molecule has 4 rings (SSSR count). The molecule has 2 aliphatic heterocycles. The molecular weight excluding hydrogens is 438 g/mol. The molecule has 0 radical (unpaired) electrons. The summed E-state index contributed by atoms with van der Waals surface area (Å²) >= 11 is 1.64. The number of thiophene rings is 1. The maximum atomic E-state index is 13.5. The number of imide groups is 1. The SMILES string of the molecule is CCCC1(C2CCN(C(=O)c3cc(C(C)C)[nH]n3)CC2)NC(=O)N(CCc2cccs2)C1=O. The summed E-state index contributed by atoms with van der Waals surface area (Å²) in [4.78, 5) is 43.7. The second kappa shape index (κ2) is 9.67. The molecule has 2 N–H and O–H groups in total. The lowest BCUT2D eigenvalue weighted by molar-refractivity contribution is -0.134. The molecule has 1 unspecified atom stereocenters. The summed E-state index contributed by atoms with van der Waals surface area (Å²) in [5, 5.41) is 12.2. The van der Waals surface area contributed by atoms with E-state index in [1.165, 1.54) is 4.90 Å². The number of hydrogen-bond acceptors (Lipinski definition) is 5. The Morgan fingerprint density at radius 3 is 2.67 bits per heavy atom. The van der Waals surface area contributed by atoms with Gasteiger partial charge in [0.25, 0.3) is 11.8 Å². The van der Waals surface area contributed by atoms with Crippen molar-refractivity contribution in [1.82, 2.24) is 25.3 Å². The Labute approximate surface area is 198 Å². The van der Waals surface area contributed by atoms with Crippen molar-refractivity contribution in [2.24, 2.45) is 5.92 Å². The monoisotopic (exact) mass is 471 g/mol. The van der Waals surface area contributed by atoms with Gasteiger partial charge in [-0.3, -0.25) is 19.6 Å². The first-order valence-electron chi connectivity index (χ1n) is 11.9. The van der Waals surface area contributed by atoms with Crippen LogP contribution in [-0.4, -0.2) is 63.0 Å². The first-order chi connectivity index (χ1) is 15.9. The number of aromatic amines is 1. The minimum atomic E-state index is -0.867. The molecule has 9 heteroatoms. The lowest BCUT2D eigenvalue weighted by Gasteiger charge is -2.40. The van der Waals surface area contributed by atoms with Gasteiger partial charge in [0.15, 0.2) is 0 Å². The van der Waals surface area contributed by atoms with E-state index in [4.69, 9.17) is 0 Å². The van der Waals surface area contributed by atoms with Gasteiger partial charge >= 0.3 is 6.03 Å². The molecule has 2 fully saturated rings. The molecule has 0 aliphatic carbocycles. The molecule has 2 aliphatic rings. The van der Waals surface area contributed by atoms with Crippen LogP contribution in [0.25, 0.3) is 0 Å². The minimum absolute atomic E-state index is 0.00935. The normalized spacial score (nSPS) is 21.8. The standard InChI is InChI=1S/C24H33N5O3S/c1-4-10-24(22(31)29(23(32)25-24)13-9-18-6-5-14-33-18)17-7-11-28(12-8-17)21(30)20-15-19(16(2)3)26-27-20/h5-6,14-17H,4,7-13H2,1-3H3,(H,25,32)(H,26,27). The molecule has 178 valence electrons. The zero-order valence-electron chi connectivity index (χ0n) is 19.6. The fourth-order valence-corrected chi connectivity index (χ4v) is 5.75. The Hall–Kier alpha value is -2.68. The van der Waals surface area contributed by atoms with Gasteiger partial charge in [-0.25, -0.2) is 4.79 Å². The van der Waals surface area contributed by atoms with Crippen molar-refractivity contribution in [2.75, 3.05) is 19.6 Å². The molecule has 4 heterocycles. The van der Waals surface area contributed by atoms with E-state index >= 15 is 0 Å². The van der Waals surface area contributed by atoms with E-state index in [1.807, 2.05) is 35.4 Å². The summed E-state index contributed by atoms with van der Waals surface area (Å²) in [5.41, 5.74) is 0.510. The van der Waals surface area contributed by atoms with Gasteiger partial charge in [-0.15, -0.1) is 11.3 Å². The van der Waals surface area contributed by atoms with E-state index in [0.717, 1.165) is 17.0 Å². The van der Waals surface area contributed by atoms with Gasteiger partial charge in [-0.05, 0) is 55.0 Å². The zero-order valence-corrected chi connectivity index (χ0v) is 20.4. The minimum Gasteiger partial charge on any atom is -0.337 e. The second-order valence-electron chi connectivity index (χ2n) is 9.37. The second-order valence-corrected chi connectivity index (χ2v) is 10.4. The predicted molar refractivity (Wildman–Crippen MR) is 127 cm³/mol. The van der Waals surface area contributed by atoms with Gasteiger partial charge in [0.05, 0.1) is 0 Å². The van der Waals surface area contributed by atoms with E-state index in [1.54, 1.807) is 11.3 Å². The van der Waals surface area contributed by atoms with E-state index < -0.39 is 5.54 Å². The molecule has 4 amide bonds. The summed E-state index contributed by atoms with van der Waals surface area (Å²) in [5.74, 6) is 0.0959. The number of likely N-dealkylation sites (tertiary alicyclic amines) is 1. The highest BCUT2D eigenvalue weighted by atomic mass is 32.1. The van der Waals surface area contributed by atoms with E-state index in [0.29, 0.717) is 51.0 Å². The van der Waals surface area contributed by atoms with Crippen molar-refractivity contribution in [3.8, 4) is 0 Å². The highest BCUT2D eigenvalue weighted by molar-refractivity contribution is 7.09. The molecule has 33 heavy (non-hydrogen) atoms. The maximum absolute atomic E-state index is 13.5. The maximum Gasteiger partial charge on any atom is 0.325 e. The van der Waals surface area contributed by atoms with Gasteiger partial charge in [0.2, 0.25) is 0 Å². The third-order valence-corrected chi connectivity index (χ3v) is 7.86. The fraction of sp³-hybridized carbons (Fsp3) is 0.583. The lowest BCUT2D eigenvalue weighted by Crippen LogP contribution is -2.56. The van der Waals surface area contributed by atoms with Crippen molar-refractivity contribution in [3.05, 3.63) is 39.8 Å². The molecule has 0 saturated carbocycles. The van der Waals surface area contributed by atoms with Crippen LogP contribution in [-0.2, 0) is 11.2 Å². The topological polar surface area (TPSA) is 98.4 Å². The first-order valence-corrected chi connectivity index (χ1v) is 12.7. The summed E-state index contributed by atoms with van der Waals surface area (Å²) in [6, 6.07) is 5.54. The van der Waals surface area contributed by atoms with Crippen molar-refractivity contribution >= 4 is 29.2 Å². The number of H-pyrrole nitrogens is 1. The van der Waals surface area contributed by atoms with Crippen molar-refractivity contribution in [2.45, 2.75) is 64.3 Å². The predicted octanol–water partition coefficient (Wildman–Crippen LogP) is 3.78. The molecule has 1 atom stereocenters. The molecular formula is C24H33N5O3S. The van der Waals surface area contributed by atoms with Gasteiger partial charge in [-0.2, -0.15) is 5.10 Å². The van der Waals surface area contributed by atoms with Crippen LogP contribution >= 0.6 is 11.3 Å². The highest BCUT2D eigenvalue weighted by Gasteiger charge is 2.55. The number of amides is 4. The van der Waals surface area contributed by atoms with Crippen LogP contribution in [0.3, 0.4) is 0 Å². The number of nitrogens with one attached hydrogen (secondary N) is 2.